The molecule has 90 valence electrons. The Hall–Kier alpha value is -0.830. The van der Waals surface area contributed by atoms with Crippen molar-refractivity contribution in [3.05, 3.63) is 18.0 Å². The van der Waals surface area contributed by atoms with Crippen LogP contribution in [0.25, 0.3) is 0 Å². The lowest BCUT2D eigenvalue weighted by molar-refractivity contribution is 0.196. The number of nitrogens with zero attached hydrogens (tertiary/aromatic N) is 2. The summed E-state index contributed by atoms with van der Waals surface area (Å²) in [5.74, 6) is 1.57. The summed E-state index contributed by atoms with van der Waals surface area (Å²) >= 11 is 0. The molecule has 3 atom stereocenters. The second-order valence-corrected chi connectivity index (χ2v) is 5.50. The SMILES string of the molecule is CC1CC(C)CC(n2cc(C(C)O)cn2)C1. The number of rotatable bonds is 2. The first kappa shape index (κ1) is 11.6. The summed E-state index contributed by atoms with van der Waals surface area (Å²) in [6.45, 7) is 6.43. The summed E-state index contributed by atoms with van der Waals surface area (Å²) in [5, 5.41) is 13.9. The maximum atomic E-state index is 9.49. The Morgan fingerprint density at radius 1 is 1.31 bits per heavy atom. The molecule has 0 radical (unpaired) electrons. The second kappa shape index (κ2) is 4.58. The summed E-state index contributed by atoms with van der Waals surface area (Å²) in [6.07, 6.45) is 7.14. The molecule has 0 spiro atoms. The average molecular weight is 222 g/mol. The van der Waals surface area contributed by atoms with E-state index in [0.717, 1.165) is 17.4 Å². The fourth-order valence-electron chi connectivity index (χ4n) is 2.89. The zero-order valence-corrected chi connectivity index (χ0v) is 10.4. The van der Waals surface area contributed by atoms with Crippen LogP contribution in [0, 0.1) is 11.8 Å². The van der Waals surface area contributed by atoms with E-state index in [1.807, 2.05) is 10.9 Å². The Kier molecular flexibility index (Phi) is 3.33. The van der Waals surface area contributed by atoms with E-state index in [4.69, 9.17) is 0 Å². The zero-order chi connectivity index (χ0) is 11.7. The van der Waals surface area contributed by atoms with Gasteiger partial charge in [-0.1, -0.05) is 13.8 Å². The van der Waals surface area contributed by atoms with Crippen LogP contribution in [0.5, 0.6) is 0 Å². The third-order valence-corrected chi connectivity index (χ3v) is 3.63. The number of aliphatic hydroxyl groups excluding tert-OH is 1. The first-order valence-electron chi connectivity index (χ1n) is 6.28. The van der Waals surface area contributed by atoms with E-state index in [1.165, 1.54) is 19.3 Å². The lowest BCUT2D eigenvalue weighted by atomic mass is 9.80. The molecule has 3 nitrogen and oxygen atoms in total. The van der Waals surface area contributed by atoms with Gasteiger partial charge in [-0.3, -0.25) is 4.68 Å². The Bertz CT molecular complexity index is 335. The van der Waals surface area contributed by atoms with Crippen LogP contribution in [0.3, 0.4) is 0 Å². The molecule has 1 aliphatic carbocycles. The predicted octanol–water partition coefficient (Wildman–Crippen LogP) is 2.93. The zero-order valence-electron chi connectivity index (χ0n) is 10.4. The van der Waals surface area contributed by atoms with Gasteiger partial charge >= 0.3 is 0 Å². The molecule has 3 unspecified atom stereocenters. The Morgan fingerprint density at radius 3 is 2.44 bits per heavy atom. The molecule has 1 heterocycles. The molecule has 16 heavy (non-hydrogen) atoms. The minimum atomic E-state index is -0.410. The van der Waals surface area contributed by atoms with Crippen LogP contribution in [0.4, 0.5) is 0 Å². The van der Waals surface area contributed by atoms with E-state index >= 15 is 0 Å². The highest BCUT2D eigenvalue weighted by molar-refractivity contribution is 5.07. The van der Waals surface area contributed by atoms with Crippen molar-refractivity contribution in [1.82, 2.24) is 9.78 Å². The van der Waals surface area contributed by atoms with E-state index < -0.39 is 6.10 Å². The highest BCUT2D eigenvalue weighted by Gasteiger charge is 2.25. The largest absolute Gasteiger partial charge is 0.389 e. The lowest BCUT2D eigenvalue weighted by Crippen LogP contribution is -2.22. The smallest absolute Gasteiger partial charge is 0.0792 e. The lowest BCUT2D eigenvalue weighted by Gasteiger charge is -2.31. The first-order chi connectivity index (χ1) is 7.56. The topological polar surface area (TPSA) is 38.0 Å². The fourth-order valence-corrected chi connectivity index (χ4v) is 2.89. The van der Waals surface area contributed by atoms with Crippen LogP contribution < -0.4 is 0 Å². The van der Waals surface area contributed by atoms with Gasteiger partial charge in [0.05, 0.1) is 18.3 Å². The summed E-state index contributed by atoms with van der Waals surface area (Å²) in [7, 11) is 0. The van der Waals surface area contributed by atoms with E-state index in [-0.39, 0.29) is 0 Å². The van der Waals surface area contributed by atoms with Gasteiger partial charge in [0.15, 0.2) is 0 Å². The molecular weight excluding hydrogens is 200 g/mol. The highest BCUT2D eigenvalue weighted by atomic mass is 16.3. The van der Waals surface area contributed by atoms with Crippen molar-refractivity contribution < 1.29 is 5.11 Å². The van der Waals surface area contributed by atoms with Crippen molar-refractivity contribution in [2.45, 2.75) is 52.2 Å². The summed E-state index contributed by atoms with van der Waals surface area (Å²) in [4.78, 5) is 0. The molecule has 0 aromatic carbocycles. The van der Waals surface area contributed by atoms with E-state index in [0.29, 0.717) is 6.04 Å². The maximum Gasteiger partial charge on any atom is 0.0792 e. The molecule has 1 aromatic heterocycles. The van der Waals surface area contributed by atoms with Gasteiger partial charge in [0.2, 0.25) is 0 Å². The van der Waals surface area contributed by atoms with Gasteiger partial charge in [-0.2, -0.15) is 5.10 Å². The van der Waals surface area contributed by atoms with Crippen LogP contribution in [-0.4, -0.2) is 14.9 Å². The molecule has 0 aliphatic heterocycles. The van der Waals surface area contributed by atoms with Crippen molar-refractivity contribution in [3.8, 4) is 0 Å². The van der Waals surface area contributed by atoms with Crippen LogP contribution in [0.2, 0.25) is 0 Å². The van der Waals surface area contributed by atoms with Crippen LogP contribution in [0.15, 0.2) is 12.4 Å². The molecule has 1 aliphatic rings. The van der Waals surface area contributed by atoms with Crippen molar-refractivity contribution in [2.75, 3.05) is 0 Å². The molecule has 1 N–H and O–H groups in total. The summed E-state index contributed by atoms with van der Waals surface area (Å²) < 4.78 is 2.05. The third kappa shape index (κ3) is 2.46. The van der Waals surface area contributed by atoms with E-state index in [2.05, 4.69) is 18.9 Å². The van der Waals surface area contributed by atoms with Gasteiger partial charge < -0.3 is 5.11 Å². The summed E-state index contributed by atoms with van der Waals surface area (Å²) in [5.41, 5.74) is 0.922. The highest BCUT2D eigenvalue weighted by Crippen LogP contribution is 2.35. The monoisotopic (exact) mass is 222 g/mol. The number of hydrogen-bond donors (Lipinski definition) is 1. The molecule has 1 aromatic rings. The van der Waals surface area contributed by atoms with Crippen molar-refractivity contribution >= 4 is 0 Å². The second-order valence-electron chi connectivity index (χ2n) is 5.50. The van der Waals surface area contributed by atoms with Crippen LogP contribution >= 0.6 is 0 Å². The molecular formula is C13H22N2O. The van der Waals surface area contributed by atoms with Gasteiger partial charge in [-0.25, -0.2) is 0 Å². The number of aromatic nitrogens is 2. The van der Waals surface area contributed by atoms with E-state index in [9.17, 15) is 5.11 Å². The molecule has 3 heteroatoms. The molecule has 1 fully saturated rings. The first-order valence-corrected chi connectivity index (χ1v) is 6.28. The minimum absolute atomic E-state index is 0.410. The number of hydrogen-bond acceptors (Lipinski definition) is 2. The Balaban J connectivity index is 2.10. The molecule has 2 rings (SSSR count). The Morgan fingerprint density at radius 2 is 1.94 bits per heavy atom. The van der Waals surface area contributed by atoms with Gasteiger partial charge in [0, 0.05) is 11.8 Å². The standard InChI is InChI=1S/C13H22N2O/c1-9-4-10(2)6-13(5-9)15-8-12(7-14-15)11(3)16/h7-11,13,16H,4-6H2,1-3H3. The van der Waals surface area contributed by atoms with E-state index in [1.54, 1.807) is 13.1 Å². The number of aliphatic hydroxyl groups is 1. The third-order valence-electron chi connectivity index (χ3n) is 3.63. The molecule has 1 saturated carbocycles. The average Bonchev–Trinajstić information content (AvgIpc) is 2.64. The minimum Gasteiger partial charge on any atom is -0.389 e. The molecule has 0 bridgehead atoms. The maximum absolute atomic E-state index is 9.49. The van der Waals surface area contributed by atoms with Crippen LogP contribution in [0.1, 0.15) is 57.7 Å². The van der Waals surface area contributed by atoms with Crippen molar-refractivity contribution in [1.29, 1.82) is 0 Å². The normalized spacial score (nSPS) is 32.6. The van der Waals surface area contributed by atoms with Crippen LogP contribution in [-0.2, 0) is 0 Å². The van der Waals surface area contributed by atoms with Gasteiger partial charge in [-0.05, 0) is 38.0 Å². The molecule has 0 saturated heterocycles. The van der Waals surface area contributed by atoms with Crippen molar-refractivity contribution in [2.24, 2.45) is 11.8 Å². The van der Waals surface area contributed by atoms with Gasteiger partial charge in [0.25, 0.3) is 0 Å². The fraction of sp³-hybridized carbons (Fsp3) is 0.769. The predicted molar refractivity (Wildman–Crippen MR) is 64.1 cm³/mol. The van der Waals surface area contributed by atoms with Gasteiger partial charge in [0.1, 0.15) is 0 Å². The van der Waals surface area contributed by atoms with Crippen molar-refractivity contribution in [3.63, 3.8) is 0 Å². The quantitative estimate of drug-likeness (QED) is 0.835. The summed E-state index contributed by atoms with van der Waals surface area (Å²) in [6, 6.07) is 0.520. The molecule has 0 amide bonds. The Labute approximate surface area is 97.5 Å². The van der Waals surface area contributed by atoms with Gasteiger partial charge in [-0.15, -0.1) is 0 Å².